The highest BCUT2D eigenvalue weighted by Gasteiger charge is 2.15. The second kappa shape index (κ2) is 6.99. The molecular formula is C19H13NO3S. The molecule has 118 valence electrons. The largest absolute Gasteiger partial charge is 0.497 e. The Kier molecular flexibility index (Phi) is 4.59. The number of hydrogen-bond donors (Lipinski definition) is 1. The molecule has 5 heteroatoms. The van der Waals surface area contributed by atoms with Gasteiger partial charge in [0.05, 0.1) is 18.2 Å². The molecular weight excluding hydrogens is 322 g/mol. The molecule has 24 heavy (non-hydrogen) atoms. The van der Waals surface area contributed by atoms with Crippen LogP contribution < -0.4 is 4.74 Å². The Morgan fingerprint density at radius 2 is 2.04 bits per heavy atom. The molecule has 0 radical (unpaired) electrons. The lowest BCUT2D eigenvalue weighted by Gasteiger charge is -2.10. The number of carboxylic acids is 1. The number of benzene rings is 2. The standard InChI is InChI=1S/C19H13NO3S/c1-23-16-6-2-5-14(10-16)18-13(4-3-7-17(18)19(21)22)8-9-15-11-24-12-20-15/h2-7,10-12H,1H3,(H,21,22). The summed E-state index contributed by atoms with van der Waals surface area (Å²) in [4.78, 5) is 15.8. The van der Waals surface area contributed by atoms with E-state index in [9.17, 15) is 9.90 Å². The summed E-state index contributed by atoms with van der Waals surface area (Å²) in [6, 6.07) is 12.4. The highest BCUT2D eigenvalue weighted by molar-refractivity contribution is 7.07. The minimum atomic E-state index is -0.995. The lowest BCUT2D eigenvalue weighted by Crippen LogP contribution is -2.01. The maximum atomic E-state index is 11.6. The first kappa shape index (κ1) is 15.8. The lowest BCUT2D eigenvalue weighted by atomic mass is 9.94. The fourth-order valence-electron chi connectivity index (χ4n) is 2.33. The number of rotatable bonds is 3. The first-order chi connectivity index (χ1) is 11.7. The Bertz CT molecular complexity index is 937. The molecule has 3 rings (SSSR count). The van der Waals surface area contributed by atoms with Crippen molar-refractivity contribution in [1.29, 1.82) is 0 Å². The first-order valence-electron chi connectivity index (χ1n) is 7.10. The van der Waals surface area contributed by atoms with Crippen LogP contribution in [0.5, 0.6) is 5.75 Å². The summed E-state index contributed by atoms with van der Waals surface area (Å²) in [5, 5.41) is 11.4. The Morgan fingerprint density at radius 1 is 1.21 bits per heavy atom. The molecule has 0 aliphatic rings. The van der Waals surface area contributed by atoms with Crippen LogP contribution in [0.1, 0.15) is 21.6 Å². The summed E-state index contributed by atoms with van der Waals surface area (Å²) in [6.45, 7) is 0. The molecule has 0 bridgehead atoms. The predicted molar refractivity (Wildman–Crippen MR) is 93.5 cm³/mol. The van der Waals surface area contributed by atoms with E-state index in [1.807, 2.05) is 23.6 Å². The van der Waals surface area contributed by atoms with Gasteiger partial charge in [0.2, 0.25) is 0 Å². The summed E-state index contributed by atoms with van der Waals surface area (Å²) in [6.07, 6.45) is 0. The number of thiazole rings is 1. The Hall–Kier alpha value is -3.10. The number of carboxylic acid groups (broad SMARTS) is 1. The van der Waals surface area contributed by atoms with Crippen LogP contribution in [0.15, 0.2) is 53.4 Å². The number of hydrogen-bond acceptors (Lipinski definition) is 4. The van der Waals surface area contributed by atoms with E-state index in [2.05, 4.69) is 16.8 Å². The van der Waals surface area contributed by atoms with Crippen LogP contribution in [0.3, 0.4) is 0 Å². The maximum absolute atomic E-state index is 11.6. The second-order valence-corrected chi connectivity index (χ2v) is 5.61. The van der Waals surface area contributed by atoms with E-state index < -0.39 is 5.97 Å². The van der Waals surface area contributed by atoms with Crippen LogP contribution in [0.2, 0.25) is 0 Å². The zero-order valence-corrected chi connectivity index (χ0v) is 13.6. The van der Waals surface area contributed by atoms with E-state index >= 15 is 0 Å². The van der Waals surface area contributed by atoms with Crippen LogP contribution in [-0.4, -0.2) is 23.2 Å². The van der Waals surface area contributed by atoms with E-state index in [1.54, 1.807) is 36.9 Å². The zero-order valence-electron chi connectivity index (χ0n) is 12.8. The van der Waals surface area contributed by atoms with Gasteiger partial charge in [-0.1, -0.05) is 24.1 Å². The van der Waals surface area contributed by atoms with Gasteiger partial charge in [-0.05, 0) is 35.7 Å². The Balaban J connectivity index is 2.19. The van der Waals surface area contributed by atoms with Gasteiger partial charge in [-0.3, -0.25) is 0 Å². The molecule has 1 heterocycles. The molecule has 0 aliphatic heterocycles. The van der Waals surface area contributed by atoms with Crippen molar-refractivity contribution in [3.8, 4) is 28.7 Å². The van der Waals surface area contributed by atoms with Crippen LogP contribution >= 0.6 is 11.3 Å². The molecule has 0 atom stereocenters. The summed E-state index contributed by atoms with van der Waals surface area (Å²) in [5.74, 6) is 5.67. The molecule has 1 aromatic heterocycles. The van der Waals surface area contributed by atoms with Crippen molar-refractivity contribution in [2.75, 3.05) is 7.11 Å². The van der Waals surface area contributed by atoms with Crippen molar-refractivity contribution in [3.63, 3.8) is 0 Å². The van der Waals surface area contributed by atoms with Crippen LogP contribution in [0.25, 0.3) is 11.1 Å². The molecule has 0 aliphatic carbocycles. The number of ether oxygens (including phenoxy) is 1. The minimum absolute atomic E-state index is 0.202. The normalized spacial score (nSPS) is 9.88. The zero-order chi connectivity index (χ0) is 16.9. The molecule has 0 saturated heterocycles. The number of methoxy groups -OCH3 is 1. The van der Waals surface area contributed by atoms with Crippen molar-refractivity contribution in [1.82, 2.24) is 4.98 Å². The van der Waals surface area contributed by atoms with Gasteiger partial charge in [0.15, 0.2) is 0 Å². The number of carbonyl (C=O) groups is 1. The van der Waals surface area contributed by atoms with Crippen molar-refractivity contribution >= 4 is 17.3 Å². The molecule has 0 saturated carbocycles. The van der Waals surface area contributed by atoms with Gasteiger partial charge >= 0.3 is 5.97 Å². The summed E-state index contributed by atoms with van der Waals surface area (Å²) >= 11 is 1.46. The molecule has 1 N–H and O–H groups in total. The molecule has 0 spiro atoms. The SMILES string of the molecule is COc1cccc(-c2c(C#Cc3cscn3)cccc2C(=O)O)c1. The molecule has 2 aromatic carbocycles. The van der Waals surface area contributed by atoms with Gasteiger partial charge < -0.3 is 9.84 Å². The monoisotopic (exact) mass is 335 g/mol. The average molecular weight is 335 g/mol. The minimum Gasteiger partial charge on any atom is -0.497 e. The van der Waals surface area contributed by atoms with E-state index in [4.69, 9.17) is 4.74 Å². The van der Waals surface area contributed by atoms with Gasteiger partial charge in [0, 0.05) is 16.5 Å². The highest BCUT2D eigenvalue weighted by atomic mass is 32.1. The first-order valence-corrected chi connectivity index (χ1v) is 8.04. The van der Waals surface area contributed by atoms with Crippen molar-refractivity contribution in [3.05, 3.63) is 70.2 Å². The smallest absolute Gasteiger partial charge is 0.336 e. The topological polar surface area (TPSA) is 59.4 Å². The quantitative estimate of drug-likeness (QED) is 0.737. The van der Waals surface area contributed by atoms with Gasteiger partial charge in [-0.2, -0.15) is 0 Å². The van der Waals surface area contributed by atoms with Crippen molar-refractivity contribution in [2.24, 2.45) is 0 Å². The third-order valence-electron chi connectivity index (χ3n) is 3.41. The van der Waals surface area contributed by atoms with Gasteiger partial charge in [-0.15, -0.1) is 11.3 Å². The molecule has 3 aromatic rings. The number of aromatic carboxylic acids is 1. The van der Waals surface area contributed by atoms with Gasteiger partial charge in [0.25, 0.3) is 0 Å². The van der Waals surface area contributed by atoms with Crippen molar-refractivity contribution in [2.45, 2.75) is 0 Å². The van der Waals surface area contributed by atoms with Crippen LogP contribution in [0.4, 0.5) is 0 Å². The lowest BCUT2D eigenvalue weighted by molar-refractivity contribution is 0.0697. The van der Waals surface area contributed by atoms with Crippen LogP contribution in [-0.2, 0) is 0 Å². The van der Waals surface area contributed by atoms with E-state index in [0.717, 1.165) is 5.56 Å². The predicted octanol–water partition coefficient (Wildman–Crippen LogP) is 3.92. The molecule has 4 nitrogen and oxygen atoms in total. The Labute approximate surface area is 143 Å². The van der Waals surface area contributed by atoms with E-state index in [1.165, 1.54) is 11.3 Å². The van der Waals surface area contributed by atoms with Gasteiger partial charge in [0.1, 0.15) is 11.4 Å². The molecule has 0 unspecified atom stereocenters. The highest BCUT2D eigenvalue weighted by Crippen LogP contribution is 2.30. The second-order valence-electron chi connectivity index (χ2n) is 4.89. The summed E-state index contributed by atoms with van der Waals surface area (Å²) in [7, 11) is 1.57. The van der Waals surface area contributed by atoms with E-state index in [-0.39, 0.29) is 5.56 Å². The summed E-state index contributed by atoms with van der Waals surface area (Å²) < 4.78 is 5.24. The molecule has 0 fully saturated rings. The third-order valence-corrected chi connectivity index (χ3v) is 4.00. The fraction of sp³-hybridized carbons (Fsp3) is 0.0526. The van der Waals surface area contributed by atoms with Crippen molar-refractivity contribution < 1.29 is 14.6 Å². The van der Waals surface area contributed by atoms with E-state index in [0.29, 0.717) is 22.6 Å². The average Bonchev–Trinajstić information content (AvgIpc) is 3.13. The third kappa shape index (κ3) is 3.29. The summed E-state index contributed by atoms with van der Waals surface area (Å²) in [5.41, 5.74) is 4.53. The number of aromatic nitrogens is 1. The maximum Gasteiger partial charge on any atom is 0.336 e. The molecule has 0 amide bonds. The fourth-order valence-corrected chi connectivity index (χ4v) is 2.81. The van der Waals surface area contributed by atoms with Gasteiger partial charge in [-0.25, -0.2) is 9.78 Å². The number of nitrogens with zero attached hydrogens (tertiary/aromatic N) is 1. The van der Waals surface area contributed by atoms with Crippen LogP contribution in [0, 0.1) is 11.8 Å². The Morgan fingerprint density at radius 3 is 2.75 bits per heavy atom.